The Morgan fingerprint density at radius 2 is 1.92 bits per heavy atom. The Hall–Kier alpha value is -2.31. The molecule has 1 saturated heterocycles. The lowest BCUT2D eigenvalue weighted by Crippen LogP contribution is -2.40. The fraction of sp³-hybridized carbons (Fsp3) is 0.471. The van der Waals surface area contributed by atoms with Crippen molar-refractivity contribution in [1.29, 1.82) is 0 Å². The summed E-state index contributed by atoms with van der Waals surface area (Å²) in [5.41, 5.74) is -0.158. The van der Waals surface area contributed by atoms with Gasteiger partial charge in [0.05, 0.1) is 5.92 Å². The lowest BCUT2D eigenvalue weighted by molar-refractivity contribution is -0.133. The molecule has 24 heavy (non-hydrogen) atoms. The van der Waals surface area contributed by atoms with E-state index in [-0.39, 0.29) is 17.4 Å². The molecular weight excluding hydrogens is 314 g/mol. The lowest BCUT2D eigenvalue weighted by Gasteiger charge is -2.32. The fourth-order valence-corrected chi connectivity index (χ4v) is 3.22. The number of benzene rings is 1. The zero-order valence-corrected chi connectivity index (χ0v) is 13.7. The number of nitrogens with zero attached hydrogens (tertiary/aromatic N) is 3. The third-order valence-corrected chi connectivity index (χ3v) is 4.59. The molecule has 2 aromatic rings. The van der Waals surface area contributed by atoms with E-state index in [0.717, 1.165) is 24.5 Å². The molecule has 1 unspecified atom stereocenters. The zero-order chi connectivity index (χ0) is 17.3. The number of aryl methyl sites for hydroxylation is 1. The van der Waals surface area contributed by atoms with Gasteiger partial charge in [0, 0.05) is 24.6 Å². The summed E-state index contributed by atoms with van der Waals surface area (Å²) in [6, 6.07) is 3.66. The Morgan fingerprint density at radius 3 is 2.46 bits per heavy atom. The van der Waals surface area contributed by atoms with E-state index in [4.69, 9.17) is 0 Å². The summed E-state index contributed by atoms with van der Waals surface area (Å²) in [6.45, 7) is 4.48. The fourth-order valence-electron chi connectivity index (χ4n) is 3.22. The smallest absolute Gasteiger partial charge is 0.230 e. The normalized spacial score (nSPS) is 17.1. The number of amides is 1. The summed E-state index contributed by atoms with van der Waals surface area (Å²) in [5, 5.41) is 7.00. The average molecular weight is 334 g/mol. The summed E-state index contributed by atoms with van der Waals surface area (Å²) in [7, 11) is 0. The SMILES string of the molecule is Cc1nc(C2CCN(C(=O)C(C)c3c(F)cccc3F)CC2)n[nH]1. The van der Waals surface area contributed by atoms with Crippen LogP contribution in [0.25, 0.3) is 0 Å². The molecule has 1 aliphatic rings. The Bertz CT molecular complexity index is 718. The molecule has 5 nitrogen and oxygen atoms in total. The summed E-state index contributed by atoms with van der Waals surface area (Å²) >= 11 is 0. The second-order valence-corrected chi connectivity index (χ2v) is 6.24. The topological polar surface area (TPSA) is 61.9 Å². The number of likely N-dealkylation sites (tertiary alicyclic amines) is 1. The number of aromatic amines is 1. The van der Waals surface area contributed by atoms with E-state index in [9.17, 15) is 13.6 Å². The van der Waals surface area contributed by atoms with Gasteiger partial charge in [-0.2, -0.15) is 5.10 Å². The predicted molar refractivity (Wildman–Crippen MR) is 84.4 cm³/mol. The Kier molecular flexibility index (Phi) is 4.59. The molecule has 2 heterocycles. The molecule has 0 aliphatic carbocycles. The van der Waals surface area contributed by atoms with Gasteiger partial charge in [-0.3, -0.25) is 9.89 Å². The molecule has 1 aliphatic heterocycles. The van der Waals surface area contributed by atoms with Gasteiger partial charge in [0.2, 0.25) is 5.91 Å². The molecule has 7 heteroatoms. The van der Waals surface area contributed by atoms with Crippen LogP contribution in [0.2, 0.25) is 0 Å². The quantitative estimate of drug-likeness (QED) is 0.939. The van der Waals surface area contributed by atoms with Crippen molar-refractivity contribution in [2.24, 2.45) is 0 Å². The van der Waals surface area contributed by atoms with Gasteiger partial charge < -0.3 is 4.90 Å². The van der Waals surface area contributed by atoms with Gasteiger partial charge in [-0.1, -0.05) is 6.07 Å². The summed E-state index contributed by atoms with van der Waals surface area (Å²) in [5.74, 6) is -0.694. The van der Waals surface area contributed by atoms with Crippen molar-refractivity contribution < 1.29 is 13.6 Å². The van der Waals surface area contributed by atoms with Crippen molar-refractivity contribution in [3.63, 3.8) is 0 Å². The first-order valence-electron chi connectivity index (χ1n) is 8.09. The minimum absolute atomic E-state index is 0.158. The van der Waals surface area contributed by atoms with Gasteiger partial charge in [-0.05, 0) is 38.8 Å². The molecule has 1 aromatic heterocycles. The molecule has 3 rings (SSSR count). The number of hydrogen-bond donors (Lipinski definition) is 1. The van der Waals surface area contributed by atoms with Crippen LogP contribution in [0.15, 0.2) is 18.2 Å². The second-order valence-electron chi connectivity index (χ2n) is 6.24. The van der Waals surface area contributed by atoms with Gasteiger partial charge >= 0.3 is 0 Å². The largest absolute Gasteiger partial charge is 0.342 e. The highest BCUT2D eigenvalue weighted by molar-refractivity contribution is 5.83. The molecule has 0 saturated carbocycles. The monoisotopic (exact) mass is 334 g/mol. The highest BCUT2D eigenvalue weighted by Gasteiger charge is 2.31. The molecule has 1 amide bonds. The predicted octanol–water partition coefficient (Wildman–Crippen LogP) is 2.90. The van der Waals surface area contributed by atoms with Crippen molar-refractivity contribution in [3.05, 3.63) is 47.0 Å². The molecule has 1 fully saturated rings. The number of H-pyrrole nitrogens is 1. The van der Waals surface area contributed by atoms with Crippen molar-refractivity contribution in [1.82, 2.24) is 20.1 Å². The van der Waals surface area contributed by atoms with Crippen LogP contribution in [0.4, 0.5) is 8.78 Å². The molecule has 0 radical (unpaired) electrons. The molecule has 1 N–H and O–H groups in total. The van der Waals surface area contributed by atoms with Crippen LogP contribution in [0.5, 0.6) is 0 Å². The van der Waals surface area contributed by atoms with Gasteiger partial charge in [-0.15, -0.1) is 0 Å². The number of aromatic nitrogens is 3. The summed E-state index contributed by atoms with van der Waals surface area (Å²) < 4.78 is 27.8. The first kappa shape index (κ1) is 16.5. The van der Waals surface area contributed by atoms with Crippen molar-refractivity contribution in [2.45, 2.75) is 38.5 Å². The van der Waals surface area contributed by atoms with Gasteiger partial charge in [0.1, 0.15) is 17.5 Å². The molecule has 0 spiro atoms. The van der Waals surface area contributed by atoms with Gasteiger partial charge in [-0.25, -0.2) is 13.8 Å². The molecule has 1 aromatic carbocycles. The first-order valence-corrected chi connectivity index (χ1v) is 8.09. The van der Waals surface area contributed by atoms with Crippen LogP contribution < -0.4 is 0 Å². The highest BCUT2D eigenvalue weighted by Crippen LogP contribution is 2.29. The number of carbonyl (C=O) groups is 1. The van der Waals surface area contributed by atoms with E-state index < -0.39 is 17.6 Å². The van der Waals surface area contributed by atoms with E-state index in [1.54, 1.807) is 11.8 Å². The maximum Gasteiger partial charge on any atom is 0.230 e. The molecule has 128 valence electrons. The highest BCUT2D eigenvalue weighted by atomic mass is 19.1. The molecule has 1 atom stereocenters. The number of nitrogens with one attached hydrogen (secondary N) is 1. The minimum atomic E-state index is -0.839. The number of carbonyl (C=O) groups excluding carboxylic acids is 1. The number of piperidine rings is 1. The summed E-state index contributed by atoms with van der Waals surface area (Å²) in [6.07, 6.45) is 1.49. The number of halogens is 2. The van der Waals surface area contributed by atoms with E-state index >= 15 is 0 Å². The van der Waals surface area contributed by atoms with Gasteiger partial charge in [0.25, 0.3) is 0 Å². The van der Waals surface area contributed by atoms with Crippen molar-refractivity contribution >= 4 is 5.91 Å². The van der Waals surface area contributed by atoms with E-state index in [1.807, 2.05) is 6.92 Å². The van der Waals surface area contributed by atoms with Crippen LogP contribution >= 0.6 is 0 Å². The summed E-state index contributed by atoms with van der Waals surface area (Å²) in [4.78, 5) is 18.6. The average Bonchev–Trinajstić information content (AvgIpc) is 3.00. The first-order chi connectivity index (χ1) is 11.5. The van der Waals surface area contributed by atoms with Crippen LogP contribution in [-0.4, -0.2) is 39.1 Å². The van der Waals surface area contributed by atoms with Crippen LogP contribution in [-0.2, 0) is 4.79 Å². The van der Waals surface area contributed by atoms with Crippen molar-refractivity contribution in [3.8, 4) is 0 Å². The molecular formula is C17H20F2N4O. The number of rotatable bonds is 3. The standard InChI is InChI=1S/C17H20F2N4O/c1-10(15-13(18)4-3-5-14(15)19)17(24)23-8-6-12(7-9-23)16-20-11(2)21-22-16/h3-5,10,12H,6-9H2,1-2H3,(H,20,21,22). The Morgan fingerprint density at radius 1 is 1.29 bits per heavy atom. The van der Waals surface area contributed by atoms with Crippen molar-refractivity contribution in [2.75, 3.05) is 13.1 Å². The molecule has 0 bridgehead atoms. The maximum absolute atomic E-state index is 13.9. The minimum Gasteiger partial charge on any atom is -0.342 e. The lowest BCUT2D eigenvalue weighted by atomic mass is 9.93. The third-order valence-electron chi connectivity index (χ3n) is 4.59. The van der Waals surface area contributed by atoms with Gasteiger partial charge in [0.15, 0.2) is 5.82 Å². The van der Waals surface area contributed by atoms with E-state index in [2.05, 4.69) is 15.2 Å². The van der Waals surface area contributed by atoms with Crippen LogP contribution in [0.1, 0.15) is 48.8 Å². The number of hydrogen-bond acceptors (Lipinski definition) is 3. The van der Waals surface area contributed by atoms with Crippen LogP contribution in [0, 0.1) is 18.6 Å². The zero-order valence-electron chi connectivity index (χ0n) is 13.7. The van der Waals surface area contributed by atoms with E-state index in [0.29, 0.717) is 13.1 Å². The third kappa shape index (κ3) is 3.16. The Balaban J connectivity index is 1.66. The van der Waals surface area contributed by atoms with Crippen LogP contribution in [0.3, 0.4) is 0 Å². The second kappa shape index (κ2) is 6.67. The maximum atomic E-state index is 13.9. The Labute approximate surface area is 139 Å². The van der Waals surface area contributed by atoms with E-state index in [1.165, 1.54) is 18.2 Å².